The molecule has 0 bridgehead atoms. The van der Waals surface area contributed by atoms with Crippen molar-refractivity contribution in [1.29, 1.82) is 0 Å². The number of hydrogen-bond acceptors (Lipinski definition) is 2. The van der Waals surface area contributed by atoms with Gasteiger partial charge in [-0.05, 0) is 50.2 Å². The van der Waals surface area contributed by atoms with Gasteiger partial charge in [0.05, 0.1) is 0 Å². The topological polar surface area (TPSA) is 15.3 Å². The minimum absolute atomic E-state index is 0.498. The van der Waals surface area contributed by atoms with Gasteiger partial charge in [0.25, 0.3) is 0 Å². The lowest BCUT2D eigenvalue weighted by molar-refractivity contribution is 0.208. The lowest BCUT2D eigenvalue weighted by Crippen LogP contribution is -2.33. The number of nitrogens with zero attached hydrogens (tertiary/aromatic N) is 1. The first kappa shape index (κ1) is 14.0. The maximum atomic E-state index is 3.42. The molecule has 2 heteroatoms. The summed E-state index contributed by atoms with van der Waals surface area (Å²) in [6.07, 6.45) is 4.19. The largest absolute Gasteiger partial charge is 0.316 e. The third-order valence-corrected chi connectivity index (χ3v) is 3.90. The zero-order valence-corrected chi connectivity index (χ0v) is 11.7. The average Bonchev–Trinajstić information content (AvgIpc) is 2.43. The van der Waals surface area contributed by atoms with E-state index in [-0.39, 0.29) is 0 Å². The number of likely N-dealkylation sites (tertiary alicyclic amines) is 1. The van der Waals surface area contributed by atoms with Crippen LogP contribution in [0.1, 0.15) is 47.0 Å². The first-order chi connectivity index (χ1) is 7.54. The van der Waals surface area contributed by atoms with Crippen LogP contribution in [0.2, 0.25) is 0 Å². The van der Waals surface area contributed by atoms with E-state index >= 15 is 0 Å². The SMILES string of the molecule is CCNCCN1CCCC(C(C)(C)C)CC1. The Morgan fingerprint density at radius 3 is 2.56 bits per heavy atom. The minimum atomic E-state index is 0.498. The summed E-state index contributed by atoms with van der Waals surface area (Å²) in [5.41, 5.74) is 0.498. The molecule has 0 radical (unpaired) electrons. The highest BCUT2D eigenvalue weighted by atomic mass is 15.1. The molecule has 0 aromatic rings. The number of likely N-dealkylation sites (N-methyl/N-ethyl adjacent to an activating group) is 1. The monoisotopic (exact) mass is 226 g/mol. The third kappa shape index (κ3) is 4.84. The van der Waals surface area contributed by atoms with Crippen molar-refractivity contribution < 1.29 is 0 Å². The van der Waals surface area contributed by atoms with E-state index in [1.807, 2.05) is 0 Å². The molecule has 96 valence electrons. The Morgan fingerprint density at radius 2 is 1.94 bits per heavy atom. The van der Waals surface area contributed by atoms with E-state index in [9.17, 15) is 0 Å². The average molecular weight is 226 g/mol. The van der Waals surface area contributed by atoms with Crippen molar-refractivity contribution in [2.24, 2.45) is 11.3 Å². The summed E-state index contributed by atoms with van der Waals surface area (Å²) in [6, 6.07) is 0. The van der Waals surface area contributed by atoms with Gasteiger partial charge in [-0.3, -0.25) is 0 Å². The van der Waals surface area contributed by atoms with Crippen LogP contribution in [0.3, 0.4) is 0 Å². The fraction of sp³-hybridized carbons (Fsp3) is 1.00. The lowest BCUT2D eigenvalue weighted by Gasteiger charge is -2.29. The van der Waals surface area contributed by atoms with Gasteiger partial charge >= 0.3 is 0 Å². The van der Waals surface area contributed by atoms with Crippen molar-refractivity contribution in [2.75, 3.05) is 32.7 Å². The summed E-state index contributed by atoms with van der Waals surface area (Å²) >= 11 is 0. The maximum absolute atomic E-state index is 3.42. The van der Waals surface area contributed by atoms with Gasteiger partial charge in [-0.2, -0.15) is 0 Å². The van der Waals surface area contributed by atoms with Crippen LogP contribution < -0.4 is 5.32 Å². The summed E-state index contributed by atoms with van der Waals surface area (Å²) < 4.78 is 0. The molecule has 0 aliphatic carbocycles. The third-order valence-electron chi connectivity index (χ3n) is 3.90. The van der Waals surface area contributed by atoms with Crippen LogP contribution in [-0.2, 0) is 0 Å². The summed E-state index contributed by atoms with van der Waals surface area (Å²) in [5, 5.41) is 3.42. The van der Waals surface area contributed by atoms with Gasteiger partial charge in [-0.15, -0.1) is 0 Å². The summed E-state index contributed by atoms with van der Waals surface area (Å²) in [6.45, 7) is 15.4. The highest BCUT2D eigenvalue weighted by molar-refractivity contribution is 4.78. The molecule has 1 unspecified atom stereocenters. The minimum Gasteiger partial charge on any atom is -0.316 e. The summed E-state index contributed by atoms with van der Waals surface area (Å²) in [5.74, 6) is 0.914. The second-order valence-electron chi connectivity index (χ2n) is 6.19. The molecule has 0 aromatic carbocycles. The molecule has 1 atom stereocenters. The number of nitrogens with one attached hydrogen (secondary N) is 1. The van der Waals surface area contributed by atoms with Crippen LogP contribution in [0.5, 0.6) is 0 Å². The Hall–Kier alpha value is -0.0800. The fourth-order valence-electron chi connectivity index (χ4n) is 2.66. The second kappa shape index (κ2) is 6.61. The molecule has 1 heterocycles. The predicted octanol–water partition coefficient (Wildman–Crippen LogP) is 2.74. The van der Waals surface area contributed by atoms with Gasteiger partial charge in [0.1, 0.15) is 0 Å². The first-order valence-corrected chi connectivity index (χ1v) is 6.97. The zero-order chi connectivity index (χ0) is 12.0. The van der Waals surface area contributed by atoms with E-state index in [1.54, 1.807) is 0 Å². The molecule has 0 aromatic heterocycles. The standard InChI is InChI=1S/C14H30N2/c1-5-15-9-12-16-10-6-7-13(8-11-16)14(2,3)4/h13,15H,5-12H2,1-4H3. The smallest absolute Gasteiger partial charge is 0.0107 e. The molecular weight excluding hydrogens is 196 g/mol. The van der Waals surface area contributed by atoms with E-state index in [0.29, 0.717) is 5.41 Å². The van der Waals surface area contributed by atoms with Crippen LogP contribution in [0.4, 0.5) is 0 Å². The van der Waals surface area contributed by atoms with Crippen molar-refractivity contribution >= 4 is 0 Å². The van der Waals surface area contributed by atoms with Gasteiger partial charge in [0.2, 0.25) is 0 Å². The highest BCUT2D eigenvalue weighted by Crippen LogP contribution is 2.34. The van der Waals surface area contributed by atoms with Gasteiger partial charge in [-0.25, -0.2) is 0 Å². The van der Waals surface area contributed by atoms with E-state index in [1.165, 1.54) is 38.9 Å². The lowest BCUT2D eigenvalue weighted by atomic mass is 9.77. The molecule has 1 saturated heterocycles. The molecular formula is C14H30N2. The Balaban J connectivity index is 2.29. The van der Waals surface area contributed by atoms with Crippen molar-refractivity contribution in [1.82, 2.24) is 10.2 Å². The number of hydrogen-bond donors (Lipinski definition) is 1. The summed E-state index contributed by atoms with van der Waals surface area (Å²) in [4.78, 5) is 2.63. The molecule has 1 N–H and O–H groups in total. The van der Waals surface area contributed by atoms with Crippen molar-refractivity contribution in [3.63, 3.8) is 0 Å². The number of rotatable bonds is 4. The predicted molar refractivity (Wildman–Crippen MR) is 71.8 cm³/mol. The summed E-state index contributed by atoms with van der Waals surface area (Å²) in [7, 11) is 0. The van der Waals surface area contributed by atoms with Crippen molar-refractivity contribution in [3.05, 3.63) is 0 Å². The van der Waals surface area contributed by atoms with Crippen molar-refractivity contribution in [2.45, 2.75) is 47.0 Å². The Labute approximate surface area is 102 Å². The highest BCUT2D eigenvalue weighted by Gasteiger charge is 2.26. The molecule has 1 fully saturated rings. The Morgan fingerprint density at radius 1 is 1.19 bits per heavy atom. The quantitative estimate of drug-likeness (QED) is 0.742. The molecule has 1 rings (SSSR count). The molecule has 1 aliphatic rings. The molecule has 0 spiro atoms. The van der Waals surface area contributed by atoms with E-state index in [0.717, 1.165) is 19.0 Å². The molecule has 0 saturated carbocycles. The van der Waals surface area contributed by atoms with Gasteiger partial charge < -0.3 is 10.2 Å². The Kier molecular flexibility index (Phi) is 5.77. The van der Waals surface area contributed by atoms with E-state index in [2.05, 4.69) is 37.9 Å². The van der Waals surface area contributed by atoms with Gasteiger partial charge in [0, 0.05) is 13.1 Å². The second-order valence-corrected chi connectivity index (χ2v) is 6.19. The molecule has 1 aliphatic heterocycles. The fourth-order valence-corrected chi connectivity index (χ4v) is 2.66. The van der Waals surface area contributed by atoms with Crippen LogP contribution in [0.15, 0.2) is 0 Å². The molecule has 2 nitrogen and oxygen atoms in total. The maximum Gasteiger partial charge on any atom is 0.0107 e. The van der Waals surface area contributed by atoms with Crippen LogP contribution in [-0.4, -0.2) is 37.6 Å². The van der Waals surface area contributed by atoms with Crippen LogP contribution in [0, 0.1) is 11.3 Å². The van der Waals surface area contributed by atoms with Crippen molar-refractivity contribution in [3.8, 4) is 0 Å². The van der Waals surface area contributed by atoms with Gasteiger partial charge in [-0.1, -0.05) is 27.7 Å². The van der Waals surface area contributed by atoms with Gasteiger partial charge in [0.15, 0.2) is 0 Å². The molecule has 16 heavy (non-hydrogen) atoms. The van der Waals surface area contributed by atoms with Crippen LogP contribution >= 0.6 is 0 Å². The Bertz CT molecular complexity index is 184. The van der Waals surface area contributed by atoms with E-state index in [4.69, 9.17) is 0 Å². The zero-order valence-electron chi connectivity index (χ0n) is 11.7. The normalized spacial score (nSPS) is 24.4. The molecule has 0 amide bonds. The van der Waals surface area contributed by atoms with Crippen LogP contribution in [0.25, 0.3) is 0 Å². The van der Waals surface area contributed by atoms with E-state index < -0.39 is 0 Å². The first-order valence-electron chi connectivity index (χ1n) is 6.97.